The molecule has 1 aliphatic heterocycles. The van der Waals surface area contributed by atoms with Crippen molar-refractivity contribution < 1.29 is 29.0 Å². The van der Waals surface area contributed by atoms with E-state index in [1.54, 1.807) is 17.0 Å². The van der Waals surface area contributed by atoms with Crippen molar-refractivity contribution in [3.63, 3.8) is 0 Å². The zero-order chi connectivity index (χ0) is 26.1. The van der Waals surface area contributed by atoms with Gasteiger partial charge in [-0.1, -0.05) is 30.3 Å². The fraction of sp³-hybridized carbons (Fsp3) is 0.250. The third-order valence-electron chi connectivity index (χ3n) is 6.78. The fourth-order valence-corrected chi connectivity index (χ4v) is 4.93. The van der Waals surface area contributed by atoms with Crippen molar-refractivity contribution in [2.24, 2.45) is 0 Å². The van der Waals surface area contributed by atoms with E-state index in [0.717, 1.165) is 22.7 Å². The maximum absolute atomic E-state index is 13.6. The van der Waals surface area contributed by atoms with Gasteiger partial charge in [-0.3, -0.25) is 9.59 Å². The highest BCUT2D eigenvalue weighted by molar-refractivity contribution is 5.88. The molecule has 0 bridgehead atoms. The second kappa shape index (κ2) is 9.94. The zero-order valence-electron chi connectivity index (χ0n) is 20.2. The second-order valence-corrected chi connectivity index (χ2v) is 9.10. The molecule has 0 spiro atoms. The van der Waals surface area contributed by atoms with Crippen molar-refractivity contribution in [1.29, 1.82) is 0 Å². The Morgan fingerprint density at radius 1 is 1.16 bits per heavy atom. The number of fused-ring (bicyclic) bond motifs is 3. The first-order valence-electron chi connectivity index (χ1n) is 11.9. The molecule has 9 heteroatoms. The van der Waals surface area contributed by atoms with E-state index in [0.29, 0.717) is 25.1 Å². The zero-order valence-corrected chi connectivity index (χ0v) is 20.2. The van der Waals surface area contributed by atoms with Crippen molar-refractivity contribution in [3.05, 3.63) is 98.7 Å². The number of benzene rings is 2. The number of aromatic amines is 1. The van der Waals surface area contributed by atoms with Crippen molar-refractivity contribution in [1.82, 2.24) is 9.88 Å². The number of hydrogen-bond donors (Lipinski definition) is 3. The highest BCUT2D eigenvalue weighted by Gasteiger charge is 2.30. The van der Waals surface area contributed by atoms with E-state index in [4.69, 9.17) is 9.15 Å². The summed E-state index contributed by atoms with van der Waals surface area (Å²) in [6, 6.07) is 15.1. The van der Waals surface area contributed by atoms with Gasteiger partial charge in [-0.15, -0.1) is 0 Å². The number of nitrogens with one attached hydrogen (secondary N) is 1. The average Bonchev–Trinajstić information content (AvgIpc) is 3.27. The molecule has 0 unspecified atom stereocenters. The highest BCUT2D eigenvalue weighted by atomic mass is 16.5. The number of carboxylic acids is 1. The van der Waals surface area contributed by atoms with E-state index < -0.39 is 23.1 Å². The van der Waals surface area contributed by atoms with Gasteiger partial charge in [0, 0.05) is 42.7 Å². The first kappa shape index (κ1) is 24.3. The van der Waals surface area contributed by atoms with Crippen LogP contribution in [0.3, 0.4) is 0 Å². The van der Waals surface area contributed by atoms with Crippen LogP contribution in [-0.2, 0) is 29.1 Å². The normalized spacial score (nSPS) is 13.9. The number of carbonyl (C=O) groups excluding carboxylic acids is 1. The molecule has 0 fully saturated rings. The minimum atomic E-state index is -1.09. The monoisotopic (exact) mass is 502 g/mol. The van der Waals surface area contributed by atoms with Gasteiger partial charge in [-0.2, -0.15) is 0 Å². The Morgan fingerprint density at radius 3 is 2.65 bits per heavy atom. The number of aromatic nitrogens is 1. The van der Waals surface area contributed by atoms with Gasteiger partial charge >= 0.3 is 5.97 Å². The Kier molecular flexibility index (Phi) is 6.54. The maximum Gasteiger partial charge on any atom is 0.335 e. The van der Waals surface area contributed by atoms with Crippen LogP contribution in [0.4, 0.5) is 0 Å². The topological polar surface area (TPSA) is 133 Å². The predicted octanol–water partition coefficient (Wildman–Crippen LogP) is 3.78. The molecule has 1 atom stereocenters. The Hall–Kier alpha value is -4.37. The molecule has 0 aliphatic carbocycles. The maximum atomic E-state index is 13.6. The first-order chi connectivity index (χ1) is 17.9. The average molecular weight is 503 g/mol. The Labute approximate surface area is 211 Å². The molecule has 5 rings (SSSR count). The van der Waals surface area contributed by atoms with Crippen LogP contribution in [-0.4, -0.2) is 45.6 Å². The molecule has 4 aromatic rings. The number of hydrogen-bond acceptors (Lipinski definition) is 6. The van der Waals surface area contributed by atoms with Crippen LogP contribution in [0.15, 0.2) is 63.8 Å². The molecule has 2 aromatic heterocycles. The molecule has 3 N–H and O–H groups in total. The molecule has 1 aliphatic rings. The van der Waals surface area contributed by atoms with Gasteiger partial charge in [-0.05, 0) is 35.7 Å². The van der Waals surface area contributed by atoms with Gasteiger partial charge in [0.05, 0.1) is 18.0 Å². The number of para-hydroxylation sites is 1. The highest BCUT2D eigenvalue weighted by Crippen LogP contribution is 2.35. The molecule has 0 saturated carbocycles. The summed E-state index contributed by atoms with van der Waals surface area (Å²) in [6.07, 6.45) is 0.613. The minimum Gasteiger partial charge on any atom is -0.502 e. The van der Waals surface area contributed by atoms with Crippen LogP contribution < -0.4 is 5.43 Å². The molecule has 3 heterocycles. The number of ether oxygens (including phenoxy) is 1. The van der Waals surface area contributed by atoms with Crippen LogP contribution in [0.1, 0.15) is 51.0 Å². The van der Waals surface area contributed by atoms with Gasteiger partial charge < -0.3 is 29.3 Å². The summed E-state index contributed by atoms with van der Waals surface area (Å²) in [7, 11) is 1.45. The van der Waals surface area contributed by atoms with Crippen molar-refractivity contribution in [3.8, 4) is 5.75 Å². The first-order valence-corrected chi connectivity index (χ1v) is 11.9. The van der Waals surface area contributed by atoms with Crippen LogP contribution in [0.25, 0.3) is 10.9 Å². The number of methoxy groups -OCH3 is 1. The van der Waals surface area contributed by atoms with E-state index in [2.05, 4.69) is 11.1 Å². The molecule has 2 aromatic carbocycles. The second-order valence-electron chi connectivity index (χ2n) is 9.10. The van der Waals surface area contributed by atoms with E-state index in [9.17, 15) is 24.6 Å². The van der Waals surface area contributed by atoms with Crippen LogP contribution in [0.2, 0.25) is 0 Å². The Bertz CT molecular complexity index is 1530. The predicted molar refractivity (Wildman–Crippen MR) is 135 cm³/mol. The number of aromatic carboxylic acids is 1. The van der Waals surface area contributed by atoms with Crippen LogP contribution in [0, 0.1) is 0 Å². The molecule has 37 heavy (non-hydrogen) atoms. The van der Waals surface area contributed by atoms with E-state index in [1.807, 2.05) is 18.2 Å². The summed E-state index contributed by atoms with van der Waals surface area (Å²) in [5, 5.41) is 21.1. The van der Waals surface area contributed by atoms with Gasteiger partial charge in [0.15, 0.2) is 5.76 Å². The van der Waals surface area contributed by atoms with Crippen molar-refractivity contribution in [2.75, 3.05) is 13.7 Å². The number of H-pyrrole nitrogens is 1. The Morgan fingerprint density at radius 2 is 1.92 bits per heavy atom. The quantitative estimate of drug-likeness (QED) is 0.350. The molecule has 0 saturated heterocycles. The lowest BCUT2D eigenvalue weighted by molar-refractivity contribution is -0.132. The number of aromatic hydroxyl groups is 1. The summed E-state index contributed by atoms with van der Waals surface area (Å²) in [6.45, 7) is 0.946. The van der Waals surface area contributed by atoms with Gasteiger partial charge in [0.25, 0.3) is 0 Å². The summed E-state index contributed by atoms with van der Waals surface area (Å²) in [5.41, 5.74) is 3.19. The van der Waals surface area contributed by atoms with Crippen LogP contribution >= 0.6 is 0 Å². The van der Waals surface area contributed by atoms with Crippen molar-refractivity contribution >= 4 is 22.8 Å². The van der Waals surface area contributed by atoms with E-state index in [-0.39, 0.29) is 36.0 Å². The van der Waals surface area contributed by atoms with Crippen LogP contribution in [0.5, 0.6) is 5.75 Å². The molecule has 9 nitrogen and oxygen atoms in total. The largest absolute Gasteiger partial charge is 0.502 e. The summed E-state index contributed by atoms with van der Waals surface area (Å²) >= 11 is 0. The van der Waals surface area contributed by atoms with Gasteiger partial charge in [0.2, 0.25) is 17.1 Å². The number of carbonyl (C=O) groups is 2. The summed E-state index contributed by atoms with van der Waals surface area (Å²) in [5.74, 6) is -2.52. The Balaban J connectivity index is 1.48. The molecule has 1 amide bonds. The molecule has 0 radical (unpaired) electrons. The SMILES string of the molecule is COCc1cc(=O)c(O)c([C@H](CC(=O)N2CCc3c([nH]c4ccccc34)C2)c2ccc(C(=O)O)cc2)o1. The summed E-state index contributed by atoms with van der Waals surface area (Å²) in [4.78, 5) is 42.5. The van der Waals surface area contributed by atoms with E-state index in [1.165, 1.54) is 24.8 Å². The standard InChI is InChI=1S/C28H26N2O7/c1-36-15-18-12-24(31)26(33)27(37-18)21(16-6-8-17(9-7-16)28(34)35)13-25(32)30-11-10-20-19-4-2-3-5-22(19)29-23(20)14-30/h2-9,12,21,29,33H,10-11,13-15H2,1H3,(H,34,35)/t21-/m1/s1. The van der Waals surface area contributed by atoms with Gasteiger partial charge in [0.1, 0.15) is 12.4 Å². The fourth-order valence-electron chi connectivity index (χ4n) is 4.93. The number of amides is 1. The van der Waals surface area contributed by atoms with Crippen molar-refractivity contribution in [2.45, 2.75) is 31.9 Å². The summed E-state index contributed by atoms with van der Waals surface area (Å²) < 4.78 is 10.9. The lowest BCUT2D eigenvalue weighted by Gasteiger charge is -2.29. The molecular formula is C28H26N2O7. The third kappa shape index (κ3) is 4.73. The van der Waals surface area contributed by atoms with Gasteiger partial charge in [-0.25, -0.2) is 4.79 Å². The third-order valence-corrected chi connectivity index (χ3v) is 6.78. The number of carboxylic acid groups (broad SMARTS) is 1. The number of nitrogens with zero attached hydrogens (tertiary/aromatic N) is 1. The number of rotatable bonds is 7. The minimum absolute atomic E-state index is 0.0103. The van der Waals surface area contributed by atoms with E-state index >= 15 is 0 Å². The lowest BCUT2D eigenvalue weighted by Crippen LogP contribution is -2.36. The lowest BCUT2D eigenvalue weighted by atomic mass is 9.90. The smallest absolute Gasteiger partial charge is 0.335 e. The molecule has 190 valence electrons. The molecular weight excluding hydrogens is 476 g/mol.